The van der Waals surface area contributed by atoms with Gasteiger partial charge in [-0.25, -0.2) is 0 Å². The third-order valence-electron chi connectivity index (χ3n) is 2.10. The van der Waals surface area contributed by atoms with Crippen molar-refractivity contribution >= 4 is 23.6 Å². The molecule has 0 radical (unpaired) electrons. The zero-order chi connectivity index (χ0) is 10.8. The van der Waals surface area contributed by atoms with Gasteiger partial charge in [-0.1, -0.05) is 0 Å². The van der Waals surface area contributed by atoms with Crippen molar-refractivity contribution in [1.29, 1.82) is 0 Å². The van der Waals surface area contributed by atoms with Crippen LogP contribution in [-0.4, -0.2) is 34.2 Å². The lowest BCUT2D eigenvalue weighted by Crippen LogP contribution is -2.31. The van der Waals surface area contributed by atoms with Crippen molar-refractivity contribution in [3.8, 4) is 5.75 Å². The first-order valence-electron chi connectivity index (χ1n) is 4.37. The second-order valence-electron chi connectivity index (χ2n) is 3.01. The maximum atomic E-state index is 9.12. The maximum Gasteiger partial charge on any atom is 0.492 e. The first-order valence-corrected chi connectivity index (χ1v) is 4.37. The van der Waals surface area contributed by atoms with E-state index in [0.29, 0.717) is 16.8 Å². The van der Waals surface area contributed by atoms with Crippen LogP contribution in [0.3, 0.4) is 0 Å². The molecule has 0 saturated carbocycles. The van der Waals surface area contributed by atoms with Gasteiger partial charge in [-0.05, 0) is 6.07 Å². The van der Waals surface area contributed by atoms with E-state index in [1.165, 1.54) is 7.11 Å². The minimum absolute atomic E-state index is 0.283. The zero-order valence-electron chi connectivity index (χ0n) is 8.08. The first-order chi connectivity index (χ1) is 7.22. The highest BCUT2D eigenvalue weighted by atomic mass is 16.5. The summed E-state index contributed by atoms with van der Waals surface area (Å²) in [6.07, 6.45) is 3.11. The molecule has 1 aromatic heterocycles. The maximum absolute atomic E-state index is 9.12. The van der Waals surface area contributed by atoms with Crippen molar-refractivity contribution in [3.63, 3.8) is 0 Å². The lowest BCUT2D eigenvalue weighted by molar-refractivity contribution is 0.403. The molecule has 1 heterocycles. The molecule has 0 aliphatic rings. The van der Waals surface area contributed by atoms with Gasteiger partial charge in [-0.15, -0.1) is 0 Å². The van der Waals surface area contributed by atoms with Crippen LogP contribution in [0.2, 0.25) is 0 Å². The van der Waals surface area contributed by atoms with E-state index in [1.54, 1.807) is 24.5 Å². The van der Waals surface area contributed by atoms with E-state index >= 15 is 0 Å². The van der Waals surface area contributed by atoms with E-state index in [1.807, 2.05) is 0 Å². The summed E-state index contributed by atoms with van der Waals surface area (Å²) < 4.78 is 5.03. The third kappa shape index (κ3) is 1.77. The predicted octanol–water partition coefficient (Wildman–Crippen LogP) is -0.682. The summed E-state index contributed by atoms with van der Waals surface area (Å²) in [5.41, 5.74) is 1.53. The Kier molecular flexibility index (Phi) is 2.53. The molecule has 0 aliphatic carbocycles. The number of hydrogen-bond acceptors (Lipinski definition) is 5. The molecule has 0 saturated heterocycles. The van der Waals surface area contributed by atoms with Crippen molar-refractivity contribution in [1.82, 2.24) is 9.97 Å². The molecular formula is C9H9BN2O3. The SMILES string of the molecule is COc1cc2nccnc2cc1B(O)O. The number of benzene rings is 1. The molecule has 6 heteroatoms. The van der Waals surface area contributed by atoms with Crippen molar-refractivity contribution in [2.24, 2.45) is 0 Å². The van der Waals surface area contributed by atoms with Crippen LogP contribution in [0.1, 0.15) is 0 Å². The summed E-state index contributed by atoms with van der Waals surface area (Å²) in [7, 11) is -0.116. The molecule has 15 heavy (non-hydrogen) atoms. The Labute approximate surface area is 86.5 Å². The van der Waals surface area contributed by atoms with Crippen LogP contribution in [0.4, 0.5) is 0 Å². The van der Waals surface area contributed by atoms with Crippen LogP contribution in [0.25, 0.3) is 11.0 Å². The molecule has 2 N–H and O–H groups in total. The normalized spacial score (nSPS) is 10.3. The third-order valence-corrected chi connectivity index (χ3v) is 2.10. The number of nitrogens with zero attached hydrogens (tertiary/aromatic N) is 2. The quantitative estimate of drug-likeness (QED) is 0.633. The van der Waals surface area contributed by atoms with Gasteiger partial charge in [-0.2, -0.15) is 0 Å². The summed E-state index contributed by atoms with van der Waals surface area (Å²) in [5, 5.41) is 18.2. The Balaban J connectivity index is 2.69. The smallest absolute Gasteiger partial charge is 0.492 e. The minimum atomic E-state index is -1.58. The van der Waals surface area contributed by atoms with Crippen LogP contribution < -0.4 is 10.2 Å². The molecule has 0 spiro atoms. The molecule has 0 amide bonds. The highest BCUT2D eigenvalue weighted by Gasteiger charge is 2.18. The molecule has 0 fully saturated rings. The fourth-order valence-corrected chi connectivity index (χ4v) is 1.39. The zero-order valence-corrected chi connectivity index (χ0v) is 8.08. The standard InChI is InChI=1S/C9H9BN2O3/c1-15-9-5-8-7(11-2-3-12-8)4-6(9)10(13)14/h2-5,13-14H,1H3. The van der Waals surface area contributed by atoms with Crippen LogP contribution >= 0.6 is 0 Å². The molecule has 0 bridgehead atoms. The van der Waals surface area contributed by atoms with Gasteiger partial charge in [-0.3, -0.25) is 9.97 Å². The van der Waals surface area contributed by atoms with Crippen molar-refractivity contribution < 1.29 is 14.8 Å². The second kappa shape index (κ2) is 3.84. The van der Waals surface area contributed by atoms with E-state index in [2.05, 4.69) is 9.97 Å². The monoisotopic (exact) mass is 204 g/mol. The van der Waals surface area contributed by atoms with Gasteiger partial charge >= 0.3 is 7.12 Å². The number of fused-ring (bicyclic) bond motifs is 1. The largest absolute Gasteiger partial charge is 0.497 e. The number of aromatic nitrogens is 2. The Morgan fingerprint density at radius 3 is 2.27 bits per heavy atom. The topological polar surface area (TPSA) is 75.5 Å². The molecule has 5 nitrogen and oxygen atoms in total. The summed E-state index contributed by atoms with van der Waals surface area (Å²) in [6.45, 7) is 0. The highest BCUT2D eigenvalue weighted by Crippen LogP contribution is 2.15. The minimum Gasteiger partial charge on any atom is -0.497 e. The van der Waals surface area contributed by atoms with Crippen LogP contribution in [0, 0.1) is 0 Å². The molecule has 0 unspecified atom stereocenters. The van der Waals surface area contributed by atoms with Gasteiger partial charge in [0.1, 0.15) is 5.75 Å². The van der Waals surface area contributed by atoms with Crippen molar-refractivity contribution in [3.05, 3.63) is 24.5 Å². The molecule has 0 atom stereocenters. The summed E-state index contributed by atoms with van der Waals surface area (Å²) >= 11 is 0. The van der Waals surface area contributed by atoms with Gasteiger partial charge in [0, 0.05) is 23.9 Å². The second-order valence-corrected chi connectivity index (χ2v) is 3.01. The van der Waals surface area contributed by atoms with Gasteiger partial charge in [0.25, 0.3) is 0 Å². The summed E-state index contributed by atoms with van der Waals surface area (Å²) in [5.74, 6) is 0.387. The van der Waals surface area contributed by atoms with E-state index in [-0.39, 0.29) is 5.46 Å². The van der Waals surface area contributed by atoms with Gasteiger partial charge in [0.2, 0.25) is 0 Å². The fraction of sp³-hybridized carbons (Fsp3) is 0.111. The average Bonchev–Trinajstić information content (AvgIpc) is 2.27. The molecular weight excluding hydrogens is 195 g/mol. The van der Waals surface area contributed by atoms with Crippen molar-refractivity contribution in [2.75, 3.05) is 7.11 Å². The van der Waals surface area contributed by atoms with Crippen LogP contribution in [0.5, 0.6) is 5.75 Å². The Bertz CT molecular complexity index is 490. The molecule has 0 aliphatic heterocycles. The summed E-state index contributed by atoms with van der Waals surface area (Å²) in [6, 6.07) is 3.17. The first kappa shape index (κ1) is 9.88. The molecule has 2 rings (SSSR count). The van der Waals surface area contributed by atoms with Gasteiger partial charge < -0.3 is 14.8 Å². The van der Waals surface area contributed by atoms with Crippen molar-refractivity contribution in [2.45, 2.75) is 0 Å². The number of rotatable bonds is 2. The predicted molar refractivity (Wildman–Crippen MR) is 55.9 cm³/mol. The molecule has 2 aromatic rings. The fourth-order valence-electron chi connectivity index (χ4n) is 1.39. The van der Waals surface area contributed by atoms with E-state index in [4.69, 9.17) is 14.8 Å². The van der Waals surface area contributed by atoms with Crippen LogP contribution in [-0.2, 0) is 0 Å². The average molecular weight is 204 g/mol. The highest BCUT2D eigenvalue weighted by molar-refractivity contribution is 6.60. The Morgan fingerprint density at radius 2 is 1.73 bits per heavy atom. The van der Waals surface area contributed by atoms with Gasteiger partial charge in [0.15, 0.2) is 0 Å². The van der Waals surface area contributed by atoms with Gasteiger partial charge in [0.05, 0.1) is 18.1 Å². The van der Waals surface area contributed by atoms with E-state index < -0.39 is 7.12 Å². The number of methoxy groups -OCH3 is 1. The molecule has 1 aromatic carbocycles. The number of ether oxygens (including phenoxy) is 1. The summed E-state index contributed by atoms with van der Waals surface area (Å²) in [4.78, 5) is 8.14. The molecule has 76 valence electrons. The number of hydrogen-bond donors (Lipinski definition) is 2. The Morgan fingerprint density at radius 1 is 1.13 bits per heavy atom. The van der Waals surface area contributed by atoms with E-state index in [9.17, 15) is 0 Å². The Hall–Kier alpha value is -1.66. The van der Waals surface area contributed by atoms with Crippen LogP contribution in [0.15, 0.2) is 24.5 Å². The van der Waals surface area contributed by atoms with E-state index in [0.717, 1.165) is 0 Å². The lowest BCUT2D eigenvalue weighted by Gasteiger charge is -2.08. The lowest BCUT2D eigenvalue weighted by atomic mass is 9.79.